The molecule has 0 aliphatic carbocycles. The van der Waals surface area contributed by atoms with E-state index in [0.717, 1.165) is 0 Å². The van der Waals surface area contributed by atoms with Gasteiger partial charge in [0.25, 0.3) is 0 Å². The van der Waals surface area contributed by atoms with Crippen LogP contribution in [0.4, 0.5) is 11.4 Å². The maximum atomic E-state index is 12.1. The van der Waals surface area contributed by atoms with Gasteiger partial charge in [0.15, 0.2) is 0 Å². The minimum atomic E-state index is -0.362. The summed E-state index contributed by atoms with van der Waals surface area (Å²) >= 11 is 13.3. The number of nitrogens with two attached hydrogens (primary N) is 1. The molecule has 1 unspecified atom stereocenters. The molecule has 0 saturated carbocycles. The second-order valence-corrected chi connectivity index (χ2v) is 6.45. The number of anilines is 2. The fourth-order valence-corrected chi connectivity index (χ4v) is 2.88. The number of nitrogens with one attached hydrogen (secondary N) is 1. The van der Waals surface area contributed by atoms with Gasteiger partial charge in [0.05, 0.1) is 34.5 Å². The normalized spacial score (nSPS) is 11.8. The van der Waals surface area contributed by atoms with E-state index in [1.165, 1.54) is 31.0 Å². The summed E-state index contributed by atoms with van der Waals surface area (Å²) in [5.41, 5.74) is 6.35. The van der Waals surface area contributed by atoms with Crippen LogP contribution in [0.5, 0.6) is 0 Å². The lowest BCUT2D eigenvalue weighted by Gasteiger charge is -2.14. The number of nitrogen functional groups attached to an aromatic ring is 1. The topological polar surface area (TPSA) is 81.4 Å². The van der Waals surface area contributed by atoms with Crippen LogP contribution in [0.3, 0.4) is 0 Å². The highest BCUT2D eigenvalue weighted by molar-refractivity contribution is 8.00. The van der Waals surface area contributed by atoms with E-state index >= 15 is 0 Å². The number of hydrogen-bond acceptors (Lipinski definition) is 5. The smallest absolute Gasteiger partial charge is 0.306 e. The maximum Gasteiger partial charge on any atom is 0.306 e. The maximum absolute atomic E-state index is 12.1. The van der Waals surface area contributed by atoms with Gasteiger partial charge in [-0.2, -0.15) is 0 Å². The summed E-state index contributed by atoms with van der Waals surface area (Å²) in [7, 11) is 1.33. The number of hydrogen-bond donors (Lipinski definition) is 2. The Morgan fingerprint density at radius 2 is 1.95 bits per heavy atom. The van der Waals surface area contributed by atoms with Crippen LogP contribution in [-0.2, 0) is 14.3 Å². The molecular formula is C13H16Cl2N2O3S. The zero-order chi connectivity index (χ0) is 16.0. The number of methoxy groups -OCH3 is 1. The Morgan fingerprint density at radius 1 is 1.38 bits per heavy atom. The highest BCUT2D eigenvalue weighted by atomic mass is 35.5. The van der Waals surface area contributed by atoms with Crippen molar-refractivity contribution >= 4 is 58.2 Å². The van der Waals surface area contributed by atoms with E-state index in [0.29, 0.717) is 17.1 Å². The van der Waals surface area contributed by atoms with Crippen LogP contribution in [0.25, 0.3) is 0 Å². The van der Waals surface area contributed by atoms with Crippen LogP contribution in [0.2, 0.25) is 10.0 Å². The van der Waals surface area contributed by atoms with Gasteiger partial charge in [0, 0.05) is 11.4 Å². The summed E-state index contributed by atoms with van der Waals surface area (Å²) < 4.78 is 4.53. The van der Waals surface area contributed by atoms with Crippen LogP contribution in [0.15, 0.2) is 12.1 Å². The summed E-state index contributed by atoms with van der Waals surface area (Å²) in [4.78, 5) is 23.0. The zero-order valence-electron chi connectivity index (χ0n) is 11.6. The molecule has 0 fully saturated rings. The summed E-state index contributed by atoms with van der Waals surface area (Å²) in [6.45, 7) is 1.73. The molecule has 0 aromatic heterocycles. The highest BCUT2D eigenvalue weighted by Crippen LogP contribution is 2.33. The molecule has 8 heteroatoms. The number of carbonyl (C=O) groups excluding carboxylic acids is 2. The van der Waals surface area contributed by atoms with Crippen LogP contribution in [0, 0.1) is 0 Å². The number of rotatable bonds is 6. The van der Waals surface area contributed by atoms with Crippen LogP contribution >= 0.6 is 35.0 Å². The number of amides is 1. The summed E-state index contributed by atoms with van der Waals surface area (Å²) in [6, 6.07) is 3.02. The van der Waals surface area contributed by atoms with Gasteiger partial charge in [0.1, 0.15) is 0 Å². The monoisotopic (exact) mass is 350 g/mol. The van der Waals surface area contributed by atoms with Gasteiger partial charge < -0.3 is 15.8 Å². The molecule has 1 atom stereocenters. The van der Waals surface area contributed by atoms with E-state index < -0.39 is 0 Å². The summed E-state index contributed by atoms with van der Waals surface area (Å²) in [5, 5.41) is 2.86. The van der Waals surface area contributed by atoms with E-state index in [9.17, 15) is 9.59 Å². The van der Waals surface area contributed by atoms with Gasteiger partial charge in [-0.1, -0.05) is 23.2 Å². The van der Waals surface area contributed by atoms with E-state index in [1.807, 2.05) is 0 Å². The molecule has 0 radical (unpaired) electrons. The van der Waals surface area contributed by atoms with Crippen molar-refractivity contribution in [3.05, 3.63) is 22.2 Å². The van der Waals surface area contributed by atoms with Crippen LogP contribution in [-0.4, -0.2) is 30.0 Å². The van der Waals surface area contributed by atoms with Gasteiger partial charge in [-0.3, -0.25) is 9.59 Å². The Balaban J connectivity index is 2.59. The van der Waals surface area contributed by atoms with Crippen molar-refractivity contribution in [1.82, 2.24) is 0 Å². The van der Waals surface area contributed by atoms with Crippen molar-refractivity contribution in [2.45, 2.75) is 18.6 Å². The lowest BCUT2D eigenvalue weighted by Crippen LogP contribution is -2.23. The molecule has 3 N–H and O–H groups in total. The van der Waals surface area contributed by atoms with Crippen molar-refractivity contribution in [3.63, 3.8) is 0 Å². The van der Waals surface area contributed by atoms with E-state index in [2.05, 4.69) is 10.1 Å². The number of carbonyl (C=O) groups is 2. The SMILES string of the molecule is COC(=O)CCSC(C)C(=O)Nc1c(Cl)cc(N)cc1Cl. The Hall–Kier alpha value is -1.11. The molecule has 1 aromatic carbocycles. The van der Waals surface area contributed by atoms with Gasteiger partial charge in [-0.05, 0) is 19.1 Å². The minimum absolute atomic E-state index is 0.251. The van der Waals surface area contributed by atoms with E-state index in [-0.39, 0.29) is 33.6 Å². The second-order valence-electron chi connectivity index (χ2n) is 4.19. The Kier molecular flexibility index (Phi) is 7.14. The van der Waals surface area contributed by atoms with Gasteiger partial charge >= 0.3 is 5.97 Å². The van der Waals surface area contributed by atoms with E-state index in [1.54, 1.807) is 6.92 Å². The fraction of sp³-hybridized carbons (Fsp3) is 0.385. The first kappa shape index (κ1) is 17.9. The highest BCUT2D eigenvalue weighted by Gasteiger charge is 2.17. The van der Waals surface area contributed by atoms with Crippen molar-refractivity contribution < 1.29 is 14.3 Å². The standard InChI is InChI=1S/C13H16Cl2N2O3S/c1-7(21-4-3-11(18)20-2)13(19)17-12-9(14)5-8(16)6-10(12)15/h5-7H,3-4,16H2,1-2H3,(H,17,19). The van der Waals surface area contributed by atoms with Crippen LogP contribution in [0.1, 0.15) is 13.3 Å². The third-order valence-electron chi connectivity index (χ3n) is 2.58. The first-order valence-electron chi connectivity index (χ1n) is 6.09. The molecule has 116 valence electrons. The third kappa shape index (κ3) is 5.65. The Morgan fingerprint density at radius 3 is 2.48 bits per heavy atom. The first-order chi connectivity index (χ1) is 9.85. The van der Waals surface area contributed by atoms with Gasteiger partial charge in [-0.15, -0.1) is 11.8 Å². The molecule has 1 amide bonds. The second kappa shape index (κ2) is 8.36. The first-order valence-corrected chi connectivity index (χ1v) is 7.89. The molecule has 21 heavy (non-hydrogen) atoms. The van der Waals surface area contributed by atoms with Crippen molar-refractivity contribution in [1.29, 1.82) is 0 Å². The molecule has 0 heterocycles. The number of benzene rings is 1. The molecule has 0 aliphatic rings. The summed E-state index contributed by atoms with van der Waals surface area (Å²) in [6.07, 6.45) is 0.252. The number of halogens is 2. The molecule has 0 bridgehead atoms. The number of esters is 1. The predicted octanol–water partition coefficient (Wildman–Crippen LogP) is 3.20. The van der Waals surface area contributed by atoms with Crippen LogP contribution < -0.4 is 11.1 Å². The zero-order valence-corrected chi connectivity index (χ0v) is 13.9. The molecular weight excluding hydrogens is 335 g/mol. The fourth-order valence-electron chi connectivity index (χ4n) is 1.43. The Labute approximate surface area is 137 Å². The van der Waals surface area contributed by atoms with Gasteiger partial charge in [0.2, 0.25) is 5.91 Å². The van der Waals surface area contributed by atoms with Crippen molar-refractivity contribution in [2.24, 2.45) is 0 Å². The van der Waals surface area contributed by atoms with Gasteiger partial charge in [-0.25, -0.2) is 0 Å². The molecule has 0 aliphatic heterocycles. The quantitative estimate of drug-likeness (QED) is 0.608. The van der Waals surface area contributed by atoms with E-state index in [4.69, 9.17) is 28.9 Å². The molecule has 1 rings (SSSR count). The minimum Gasteiger partial charge on any atom is -0.469 e. The molecule has 1 aromatic rings. The van der Waals surface area contributed by atoms with Crippen molar-refractivity contribution in [2.75, 3.05) is 23.9 Å². The lowest BCUT2D eigenvalue weighted by molar-refractivity contribution is -0.140. The average Bonchev–Trinajstić information content (AvgIpc) is 2.41. The largest absolute Gasteiger partial charge is 0.469 e. The summed E-state index contributed by atoms with van der Waals surface area (Å²) in [5.74, 6) is -0.0667. The van der Waals surface area contributed by atoms with Crippen molar-refractivity contribution in [3.8, 4) is 0 Å². The lowest BCUT2D eigenvalue weighted by atomic mass is 10.2. The molecule has 0 spiro atoms. The molecule has 0 saturated heterocycles. The third-order valence-corrected chi connectivity index (χ3v) is 4.33. The number of thioether (sulfide) groups is 1. The Bertz CT molecular complexity index is 517. The number of ether oxygens (including phenoxy) is 1. The predicted molar refractivity (Wildman–Crippen MR) is 88.1 cm³/mol. The molecule has 5 nitrogen and oxygen atoms in total. The average molecular weight is 351 g/mol.